The van der Waals surface area contributed by atoms with Crippen LogP contribution < -0.4 is 10.3 Å². The summed E-state index contributed by atoms with van der Waals surface area (Å²) in [5, 5.41) is 39.1. The van der Waals surface area contributed by atoms with Crippen LogP contribution in [0, 0.1) is 0 Å². The Labute approximate surface area is 134 Å². The number of hydrogen-bond donors (Lipinski definition) is 5. The van der Waals surface area contributed by atoms with Crippen LogP contribution in [0.3, 0.4) is 0 Å². The number of aliphatic hydroxyl groups excluding tert-OH is 3. The smallest absolute Gasteiger partial charge is 0.335 e. The minimum absolute atomic E-state index is 0.127. The molecule has 1 aromatic carbocycles. The van der Waals surface area contributed by atoms with Crippen molar-refractivity contribution >= 4 is 16.9 Å². The molecule has 1 saturated heterocycles. The number of carboxylic acid groups (broad SMARTS) is 1. The molecule has 128 valence electrons. The summed E-state index contributed by atoms with van der Waals surface area (Å²) in [5.41, 5.74) is -0.0455. The average molecular weight is 337 g/mol. The van der Waals surface area contributed by atoms with E-state index in [1.54, 1.807) is 18.2 Å². The van der Waals surface area contributed by atoms with Crippen LogP contribution in [-0.4, -0.2) is 62.1 Å². The molecule has 9 nitrogen and oxygen atoms in total. The number of nitrogens with one attached hydrogen (secondary N) is 1. The SMILES string of the molecule is O=C(O)[C@H]1OC(Oc2cccc3ccc(=O)[nH]c23)[C@H](O)[C@@H](O)[C@@H]1O. The number of H-pyrrole nitrogens is 1. The number of carboxylic acids is 1. The van der Waals surface area contributed by atoms with E-state index < -0.39 is 36.7 Å². The maximum absolute atomic E-state index is 11.5. The van der Waals surface area contributed by atoms with Gasteiger partial charge in [0, 0.05) is 11.5 Å². The molecule has 0 radical (unpaired) electrons. The second-order valence-electron chi connectivity index (χ2n) is 5.40. The number of pyridine rings is 1. The second-order valence-corrected chi connectivity index (χ2v) is 5.40. The summed E-state index contributed by atoms with van der Waals surface area (Å²) in [4.78, 5) is 25.1. The van der Waals surface area contributed by atoms with E-state index in [2.05, 4.69) is 4.98 Å². The lowest BCUT2D eigenvalue weighted by Gasteiger charge is -2.38. The van der Waals surface area contributed by atoms with Gasteiger partial charge in [-0.1, -0.05) is 12.1 Å². The molecule has 1 aromatic heterocycles. The predicted molar refractivity (Wildman–Crippen MR) is 79.5 cm³/mol. The Morgan fingerprint density at radius 1 is 1.08 bits per heavy atom. The molecule has 1 aliphatic heterocycles. The van der Waals surface area contributed by atoms with Gasteiger partial charge in [0.1, 0.15) is 24.1 Å². The maximum atomic E-state index is 11.5. The van der Waals surface area contributed by atoms with Crippen molar-refractivity contribution in [1.82, 2.24) is 4.98 Å². The van der Waals surface area contributed by atoms with Crippen LogP contribution in [0.5, 0.6) is 5.75 Å². The van der Waals surface area contributed by atoms with Gasteiger partial charge in [-0.05, 0) is 12.1 Å². The zero-order valence-corrected chi connectivity index (χ0v) is 12.2. The number of hydrogen-bond acceptors (Lipinski definition) is 7. The number of rotatable bonds is 3. The summed E-state index contributed by atoms with van der Waals surface area (Å²) in [6.07, 6.45) is -8.55. The summed E-state index contributed by atoms with van der Waals surface area (Å²) in [5.74, 6) is -1.38. The van der Waals surface area contributed by atoms with Gasteiger partial charge in [0.25, 0.3) is 0 Å². The summed E-state index contributed by atoms with van der Waals surface area (Å²) in [6, 6.07) is 7.73. The van der Waals surface area contributed by atoms with E-state index in [0.29, 0.717) is 10.9 Å². The molecule has 0 amide bonds. The van der Waals surface area contributed by atoms with Gasteiger partial charge >= 0.3 is 5.97 Å². The number of para-hydroxylation sites is 1. The molecule has 5 atom stereocenters. The third-order valence-electron chi connectivity index (χ3n) is 3.78. The molecule has 9 heteroatoms. The fourth-order valence-corrected chi connectivity index (χ4v) is 2.52. The minimum atomic E-state index is -1.80. The van der Waals surface area contributed by atoms with Crippen LogP contribution >= 0.6 is 0 Å². The van der Waals surface area contributed by atoms with E-state index >= 15 is 0 Å². The Morgan fingerprint density at radius 2 is 1.83 bits per heavy atom. The Bertz CT molecular complexity index is 818. The Hall–Kier alpha value is -2.46. The van der Waals surface area contributed by atoms with Gasteiger partial charge in [-0.15, -0.1) is 0 Å². The molecule has 0 bridgehead atoms. The molecule has 0 spiro atoms. The van der Waals surface area contributed by atoms with E-state index in [1.807, 2.05) is 0 Å². The molecule has 3 rings (SSSR count). The highest BCUT2D eigenvalue weighted by Gasteiger charge is 2.48. The van der Waals surface area contributed by atoms with Crippen LogP contribution in [0.15, 0.2) is 35.1 Å². The van der Waals surface area contributed by atoms with Gasteiger partial charge in [-0.3, -0.25) is 4.79 Å². The molecule has 1 aliphatic rings. The molecule has 0 saturated carbocycles. The van der Waals surface area contributed by atoms with E-state index in [1.165, 1.54) is 12.1 Å². The van der Waals surface area contributed by atoms with Crippen molar-refractivity contribution in [3.05, 3.63) is 40.7 Å². The molecule has 0 aliphatic carbocycles. The summed E-state index contributed by atoms with van der Waals surface area (Å²) in [6.45, 7) is 0. The first-order valence-corrected chi connectivity index (χ1v) is 7.09. The summed E-state index contributed by atoms with van der Waals surface area (Å²) < 4.78 is 10.5. The number of aliphatic carboxylic acids is 1. The largest absolute Gasteiger partial charge is 0.479 e. The standard InChI is InChI=1S/C15H15NO8/c17-8-5-4-6-2-1-3-7(9(6)16-8)23-15-12(20)10(18)11(19)13(24-15)14(21)22/h1-5,10-13,15,18-20H,(H,16,17)(H,21,22)/t10-,11-,12+,13-,15?/m0/s1. The molecule has 5 N–H and O–H groups in total. The zero-order valence-electron chi connectivity index (χ0n) is 12.2. The van der Waals surface area contributed by atoms with Gasteiger partial charge in [0.05, 0.1) is 5.52 Å². The third kappa shape index (κ3) is 2.85. The molecule has 2 heterocycles. The van der Waals surface area contributed by atoms with Gasteiger partial charge in [-0.2, -0.15) is 0 Å². The Kier molecular flexibility index (Phi) is 4.24. The molecule has 2 aromatic rings. The van der Waals surface area contributed by atoms with Crippen LogP contribution in [0.1, 0.15) is 0 Å². The van der Waals surface area contributed by atoms with E-state index in [4.69, 9.17) is 14.6 Å². The van der Waals surface area contributed by atoms with E-state index in [9.17, 15) is 24.9 Å². The number of aromatic amines is 1. The lowest BCUT2D eigenvalue weighted by Crippen LogP contribution is -2.61. The van der Waals surface area contributed by atoms with Crippen LogP contribution in [-0.2, 0) is 9.53 Å². The monoisotopic (exact) mass is 337 g/mol. The van der Waals surface area contributed by atoms with Crippen molar-refractivity contribution in [2.24, 2.45) is 0 Å². The number of carbonyl (C=O) groups is 1. The van der Waals surface area contributed by atoms with Crippen LogP contribution in [0.2, 0.25) is 0 Å². The quantitative estimate of drug-likeness (QED) is 0.469. The molecular weight excluding hydrogens is 322 g/mol. The fraction of sp³-hybridized carbons (Fsp3) is 0.333. The highest BCUT2D eigenvalue weighted by Crippen LogP contribution is 2.28. The normalized spacial score (nSPS) is 30.2. The first-order valence-electron chi connectivity index (χ1n) is 7.09. The summed E-state index contributed by atoms with van der Waals surface area (Å²) in [7, 11) is 0. The number of ether oxygens (including phenoxy) is 2. The number of fused-ring (bicyclic) bond motifs is 1. The molecule has 1 fully saturated rings. The van der Waals surface area contributed by atoms with Crippen molar-refractivity contribution in [3.63, 3.8) is 0 Å². The molecule has 1 unspecified atom stereocenters. The fourth-order valence-electron chi connectivity index (χ4n) is 2.52. The first kappa shape index (κ1) is 16.4. The summed E-state index contributed by atoms with van der Waals surface area (Å²) >= 11 is 0. The van der Waals surface area contributed by atoms with Crippen molar-refractivity contribution in [3.8, 4) is 5.75 Å². The second kappa shape index (κ2) is 6.21. The van der Waals surface area contributed by atoms with E-state index in [0.717, 1.165) is 0 Å². The third-order valence-corrected chi connectivity index (χ3v) is 3.78. The number of aliphatic hydroxyl groups is 3. The predicted octanol–water partition coefficient (Wildman–Crippen LogP) is -1.20. The minimum Gasteiger partial charge on any atom is -0.479 e. The van der Waals surface area contributed by atoms with Crippen LogP contribution in [0.25, 0.3) is 10.9 Å². The van der Waals surface area contributed by atoms with Crippen molar-refractivity contribution in [2.75, 3.05) is 0 Å². The van der Waals surface area contributed by atoms with Gasteiger partial charge in [-0.25, -0.2) is 4.79 Å². The van der Waals surface area contributed by atoms with Crippen molar-refractivity contribution in [1.29, 1.82) is 0 Å². The van der Waals surface area contributed by atoms with Crippen LogP contribution in [0.4, 0.5) is 0 Å². The Morgan fingerprint density at radius 3 is 2.54 bits per heavy atom. The lowest BCUT2D eigenvalue weighted by atomic mass is 9.99. The van der Waals surface area contributed by atoms with Crippen molar-refractivity contribution < 1.29 is 34.7 Å². The zero-order chi connectivity index (χ0) is 17.4. The average Bonchev–Trinajstić information content (AvgIpc) is 2.55. The lowest BCUT2D eigenvalue weighted by molar-refractivity contribution is -0.270. The van der Waals surface area contributed by atoms with Crippen molar-refractivity contribution in [2.45, 2.75) is 30.7 Å². The highest BCUT2D eigenvalue weighted by molar-refractivity contribution is 5.84. The van der Waals surface area contributed by atoms with E-state index in [-0.39, 0.29) is 11.3 Å². The van der Waals surface area contributed by atoms with Gasteiger partial charge in [0.2, 0.25) is 11.8 Å². The molecule has 24 heavy (non-hydrogen) atoms. The topological polar surface area (TPSA) is 149 Å². The van der Waals surface area contributed by atoms with Gasteiger partial charge in [0.15, 0.2) is 6.10 Å². The highest BCUT2D eigenvalue weighted by atomic mass is 16.7. The Balaban J connectivity index is 1.94. The van der Waals surface area contributed by atoms with Gasteiger partial charge < -0.3 is 34.9 Å². The first-order chi connectivity index (χ1) is 11.4. The maximum Gasteiger partial charge on any atom is 0.335 e. The molecular formula is C15H15NO8. The number of benzene rings is 1. The number of aromatic nitrogens is 1.